The Morgan fingerprint density at radius 3 is 2.46 bits per heavy atom. The number of hydrogen-bond acceptors (Lipinski definition) is 6. The molecule has 5 rings (SSSR count). The summed E-state index contributed by atoms with van der Waals surface area (Å²) in [6, 6.07) is 20.1. The van der Waals surface area contributed by atoms with E-state index in [0.717, 1.165) is 37.6 Å². The lowest BCUT2D eigenvalue weighted by molar-refractivity contribution is -0.127. The second kappa shape index (κ2) is 12.0. The lowest BCUT2D eigenvalue weighted by Crippen LogP contribution is -2.48. The first-order chi connectivity index (χ1) is 19.0. The van der Waals surface area contributed by atoms with E-state index in [9.17, 15) is 14.7 Å². The maximum atomic E-state index is 14.1. The van der Waals surface area contributed by atoms with Crippen LogP contribution in [0.3, 0.4) is 0 Å². The number of aromatic nitrogens is 3. The summed E-state index contributed by atoms with van der Waals surface area (Å²) in [6.45, 7) is 2.31. The smallest absolute Gasteiger partial charge is 0.249 e. The molecule has 9 nitrogen and oxygen atoms in total. The number of rotatable bonds is 9. The van der Waals surface area contributed by atoms with E-state index in [1.807, 2.05) is 31.2 Å². The predicted octanol–water partition coefficient (Wildman–Crippen LogP) is 4.76. The first kappa shape index (κ1) is 26.2. The predicted molar refractivity (Wildman–Crippen MR) is 148 cm³/mol. The van der Waals surface area contributed by atoms with Gasteiger partial charge in [0.05, 0.1) is 12.1 Å². The van der Waals surface area contributed by atoms with Crippen molar-refractivity contribution in [3.8, 4) is 11.5 Å². The van der Waals surface area contributed by atoms with Crippen LogP contribution in [0.4, 0.5) is 5.69 Å². The number of ether oxygens (including phenoxy) is 1. The normalized spacial score (nSPS) is 14.6. The molecular formula is C30H33N5O4. The fourth-order valence-electron chi connectivity index (χ4n) is 5.15. The van der Waals surface area contributed by atoms with E-state index < -0.39 is 6.04 Å². The quantitative estimate of drug-likeness (QED) is 0.325. The van der Waals surface area contributed by atoms with E-state index in [2.05, 4.69) is 15.6 Å². The van der Waals surface area contributed by atoms with Gasteiger partial charge < -0.3 is 15.2 Å². The minimum Gasteiger partial charge on any atom is -0.508 e. The summed E-state index contributed by atoms with van der Waals surface area (Å²) >= 11 is 0. The highest BCUT2D eigenvalue weighted by Gasteiger charge is 2.34. The number of amides is 2. The van der Waals surface area contributed by atoms with Gasteiger partial charge in [0.1, 0.15) is 29.6 Å². The van der Waals surface area contributed by atoms with Gasteiger partial charge in [0, 0.05) is 11.7 Å². The average molecular weight is 528 g/mol. The lowest BCUT2D eigenvalue weighted by atomic mass is 9.94. The Balaban J connectivity index is 1.55. The van der Waals surface area contributed by atoms with Crippen LogP contribution in [0.5, 0.6) is 11.5 Å². The number of aromatic hydroxyl groups is 1. The Morgan fingerprint density at radius 1 is 1.03 bits per heavy atom. The zero-order valence-corrected chi connectivity index (χ0v) is 22.0. The first-order valence-electron chi connectivity index (χ1n) is 13.5. The number of fused-ring (bicyclic) bond motifs is 1. The molecule has 1 atom stereocenters. The molecule has 1 fully saturated rings. The van der Waals surface area contributed by atoms with Crippen LogP contribution in [-0.2, 0) is 16.1 Å². The molecule has 39 heavy (non-hydrogen) atoms. The third kappa shape index (κ3) is 6.03. The first-order valence-corrected chi connectivity index (χ1v) is 13.5. The highest BCUT2D eigenvalue weighted by molar-refractivity contribution is 6.01. The molecule has 3 aromatic carbocycles. The Morgan fingerprint density at radius 2 is 1.74 bits per heavy atom. The molecule has 0 radical (unpaired) electrons. The molecule has 4 aromatic rings. The molecule has 1 saturated carbocycles. The molecule has 2 amide bonds. The maximum absolute atomic E-state index is 14.1. The number of anilines is 1. The van der Waals surface area contributed by atoms with Gasteiger partial charge in [-0.05, 0) is 73.9 Å². The van der Waals surface area contributed by atoms with Crippen molar-refractivity contribution in [3.63, 3.8) is 0 Å². The summed E-state index contributed by atoms with van der Waals surface area (Å²) in [6.07, 6.45) is 5.12. The number of carbonyl (C=O) groups is 2. The zero-order chi connectivity index (χ0) is 27.2. The molecule has 9 heteroatoms. The Kier molecular flexibility index (Phi) is 8.05. The third-order valence-corrected chi connectivity index (χ3v) is 7.07. The molecule has 0 bridgehead atoms. The fraction of sp³-hybridized carbons (Fsp3) is 0.333. The van der Waals surface area contributed by atoms with E-state index in [1.165, 1.54) is 17.0 Å². The van der Waals surface area contributed by atoms with Gasteiger partial charge in [-0.25, -0.2) is 4.68 Å². The monoisotopic (exact) mass is 527 g/mol. The average Bonchev–Trinajstić information content (AvgIpc) is 3.36. The summed E-state index contributed by atoms with van der Waals surface area (Å²) in [4.78, 5) is 29.6. The Hall–Kier alpha value is -4.40. The van der Waals surface area contributed by atoms with Crippen molar-refractivity contribution in [2.75, 3.05) is 11.5 Å². The summed E-state index contributed by atoms with van der Waals surface area (Å²) in [5.74, 6) is 0.159. The van der Waals surface area contributed by atoms with Crippen LogP contribution < -0.4 is 15.0 Å². The summed E-state index contributed by atoms with van der Waals surface area (Å²) < 4.78 is 7.16. The van der Waals surface area contributed by atoms with Crippen LogP contribution in [-0.4, -0.2) is 44.6 Å². The summed E-state index contributed by atoms with van der Waals surface area (Å²) in [5.41, 5.74) is 2.55. The highest BCUT2D eigenvalue weighted by Crippen LogP contribution is 2.32. The molecule has 1 heterocycles. The van der Waals surface area contributed by atoms with Crippen molar-refractivity contribution in [2.24, 2.45) is 0 Å². The topological polar surface area (TPSA) is 110 Å². The second-order valence-electron chi connectivity index (χ2n) is 9.76. The molecule has 1 aliphatic carbocycles. The zero-order valence-electron chi connectivity index (χ0n) is 22.0. The number of para-hydroxylation sites is 1. The SMILES string of the molecule is CCOc1ccc(N(C(=O)Cn2nnc3ccccc32)[C@H](C(=O)NC2CCCCC2)c2ccc(O)cc2)cc1. The summed E-state index contributed by atoms with van der Waals surface area (Å²) in [5, 5.41) is 21.5. The van der Waals surface area contributed by atoms with Gasteiger partial charge in [0.15, 0.2) is 0 Å². The summed E-state index contributed by atoms with van der Waals surface area (Å²) in [7, 11) is 0. The van der Waals surface area contributed by atoms with Crippen molar-refractivity contribution >= 4 is 28.5 Å². The molecule has 202 valence electrons. The molecule has 1 aromatic heterocycles. The van der Waals surface area contributed by atoms with Gasteiger partial charge >= 0.3 is 0 Å². The van der Waals surface area contributed by atoms with Gasteiger partial charge in [-0.2, -0.15) is 0 Å². The second-order valence-corrected chi connectivity index (χ2v) is 9.76. The van der Waals surface area contributed by atoms with E-state index in [1.54, 1.807) is 41.1 Å². The molecule has 1 aliphatic rings. The van der Waals surface area contributed by atoms with Crippen LogP contribution in [0.1, 0.15) is 50.6 Å². The Bertz CT molecular complexity index is 1410. The van der Waals surface area contributed by atoms with Crippen molar-refractivity contribution in [1.82, 2.24) is 20.3 Å². The van der Waals surface area contributed by atoms with Crippen LogP contribution in [0.2, 0.25) is 0 Å². The van der Waals surface area contributed by atoms with Gasteiger partial charge in [0.2, 0.25) is 11.8 Å². The molecule has 0 aliphatic heterocycles. The minimum atomic E-state index is -0.965. The van der Waals surface area contributed by atoms with E-state index in [-0.39, 0.29) is 30.2 Å². The fourth-order valence-corrected chi connectivity index (χ4v) is 5.15. The number of phenolic OH excluding ortho intramolecular Hbond substituents is 1. The van der Waals surface area contributed by atoms with Crippen LogP contribution in [0.15, 0.2) is 72.8 Å². The Labute approximate surface area is 227 Å². The van der Waals surface area contributed by atoms with Crippen LogP contribution in [0, 0.1) is 0 Å². The van der Waals surface area contributed by atoms with Gasteiger partial charge in [0.25, 0.3) is 0 Å². The number of nitrogens with zero attached hydrogens (tertiary/aromatic N) is 4. The molecule has 2 N–H and O–H groups in total. The number of carbonyl (C=O) groups excluding carboxylic acids is 2. The van der Waals surface area contributed by atoms with Gasteiger partial charge in [-0.15, -0.1) is 5.10 Å². The van der Waals surface area contributed by atoms with Crippen molar-refractivity contribution in [2.45, 2.75) is 57.7 Å². The highest BCUT2D eigenvalue weighted by atomic mass is 16.5. The van der Waals surface area contributed by atoms with Crippen molar-refractivity contribution in [1.29, 1.82) is 0 Å². The van der Waals surface area contributed by atoms with Crippen molar-refractivity contribution in [3.05, 3.63) is 78.4 Å². The molecule has 0 saturated heterocycles. The molecular weight excluding hydrogens is 494 g/mol. The maximum Gasteiger partial charge on any atom is 0.249 e. The third-order valence-electron chi connectivity index (χ3n) is 7.07. The van der Waals surface area contributed by atoms with Crippen molar-refractivity contribution < 1.29 is 19.4 Å². The number of nitrogens with one attached hydrogen (secondary N) is 1. The number of benzene rings is 3. The minimum absolute atomic E-state index is 0.0578. The standard InChI is InChI=1S/C30H33N5O4/c1-2-39-25-18-14-23(15-19-25)35(28(37)20-34-27-11-7-6-10-26(27)32-33-34)29(21-12-16-24(36)17-13-21)30(38)31-22-8-4-3-5-9-22/h6-7,10-19,22,29,36H,2-5,8-9,20H2,1H3,(H,31,38)/t29-/m0/s1. The van der Waals surface area contributed by atoms with Crippen LogP contribution in [0.25, 0.3) is 11.0 Å². The van der Waals surface area contributed by atoms with E-state index in [4.69, 9.17) is 4.74 Å². The molecule has 0 unspecified atom stereocenters. The lowest BCUT2D eigenvalue weighted by Gasteiger charge is -2.33. The number of hydrogen-bond donors (Lipinski definition) is 2. The van der Waals surface area contributed by atoms with Gasteiger partial charge in [-0.1, -0.05) is 48.7 Å². The molecule has 0 spiro atoms. The largest absolute Gasteiger partial charge is 0.508 e. The van der Waals surface area contributed by atoms with E-state index in [0.29, 0.717) is 29.1 Å². The van der Waals surface area contributed by atoms with E-state index >= 15 is 0 Å². The van der Waals surface area contributed by atoms with Crippen LogP contribution >= 0.6 is 0 Å². The van der Waals surface area contributed by atoms with Gasteiger partial charge in [-0.3, -0.25) is 14.5 Å². The number of phenols is 1.